The Hall–Kier alpha value is -1.85. The van der Waals surface area contributed by atoms with Gasteiger partial charge in [-0.05, 0) is 31.0 Å². The van der Waals surface area contributed by atoms with Crippen LogP contribution < -0.4 is 10.2 Å². The predicted molar refractivity (Wildman–Crippen MR) is 106 cm³/mol. The maximum Gasteiger partial charge on any atom is 0.329 e. The predicted octanol–water partition coefficient (Wildman–Crippen LogP) is 4.26. The average molecular weight is 372 g/mol. The molecular formula is C20H23BClNO3. The third kappa shape index (κ3) is 3.14. The first-order valence-electron chi connectivity index (χ1n) is 8.66. The molecule has 136 valence electrons. The third-order valence-electron chi connectivity index (χ3n) is 5.66. The topological polar surface area (TPSA) is 48.4 Å². The number of carbonyl (C=O) groups is 1. The van der Waals surface area contributed by atoms with E-state index in [2.05, 4.69) is 32.7 Å². The Morgan fingerprint density at radius 2 is 2.04 bits per heavy atom. The maximum atomic E-state index is 11.1. The second kappa shape index (κ2) is 6.71. The molecule has 0 atom stereocenters. The molecule has 0 radical (unpaired) electrons. The van der Waals surface area contributed by atoms with Gasteiger partial charge in [0.25, 0.3) is 0 Å². The molecule has 6 heteroatoms. The highest BCUT2D eigenvalue weighted by Crippen LogP contribution is 2.45. The van der Waals surface area contributed by atoms with Crippen molar-refractivity contribution in [2.45, 2.75) is 39.6 Å². The minimum atomic E-state index is -0.232. The summed E-state index contributed by atoms with van der Waals surface area (Å²) in [7, 11) is 1.53. The molecule has 3 rings (SSSR count). The van der Waals surface area contributed by atoms with E-state index in [1.165, 1.54) is 13.3 Å². The van der Waals surface area contributed by atoms with Gasteiger partial charge in [0.1, 0.15) is 5.75 Å². The number of nitrogens with zero attached hydrogens (tertiary/aromatic N) is 1. The summed E-state index contributed by atoms with van der Waals surface area (Å²) >= 11 is 6.75. The molecule has 0 bridgehead atoms. The highest BCUT2D eigenvalue weighted by Gasteiger charge is 2.50. The summed E-state index contributed by atoms with van der Waals surface area (Å²) < 4.78 is 11.6. The van der Waals surface area contributed by atoms with Gasteiger partial charge >= 0.3 is 6.92 Å². The summed E-state index contributed by atoms with van der Waals surface area (Å²) in [5.74, 6) is 0.478. The smallest absolute Gasteiger partial charge is 0.329 e. The van der Waals surface area contributed by atoms with E-state index in [9.17, 15) is 4.79 Å². The van der Waals surface area contributed by atoms with Crippen LogP contribution in [0.5, 0.6) is 5.75 Å². The Kier molecular flexibility index (Phi) is 4.89. The molecule has 1 aromatic heterocycles. The zero-order valence-electron chi connectivity index (χ0n) is 15.8. The summed E-state index contributed by atoms with van der Waals surface area (Å²) in [4.78, 5) is 15.5. The summed E-state index contributed by atoms with van der Waals surface area (Å²) in [6.07, 6.45) is 3.12. The first kappa shape index (κ1) is 18.9. The van der Waals surface area contributed by atoms with E-state index in [0.29, 0.717) is 22.0 Å². The highest BCUT2D eigenvalue weighted by atomic mass is 35.5. The zero-order valence-corrected chi connectivity index (χ0v) is 16.6. The van der Waals surface area contributed by atoms with Crippen LogP contribution in [0.25, 0.3) is 11.3 Å². The number of halogens is 1. The fourth-order valence-corrected chi connectivity index (χ4v) is 3.64. The Morgan fingerprint density at radius 3 is 2.62 bits per heavy atom. The van der Waals surface area contributed by atoms with Crippen LogP contribution in [0.15, 0.2) is 30.5 Å². The van der Waals surface area contributed by atoms with E-state index >= 15 is 0 Å². The lowest BCUT2D eigenvalue weighted by Crippen LogP contribution is -2.36. The van der Waals surface area contributed by atoms with Gasteiger partial charge in [0.15, 0.2) is 6.29 Å². The van der Waals surface area contributed by atoms with E-state index in [1.807, 2.05) is 18.2 Å². The molecule has 0 aliphatic carbocycles. The first-order valence-corrected chi connectivity index (χ1v) is 9.04. The van der Waals surface area contributed by atoms with Gasteiger partial charge in [-0.1, -0.05) is 43.6 Å². The monoisotopic (exact) mass is 371 g/mol. The number of hydrogen-bond donors (Lipinski definition) is 0. The molecule has 0 N–H and O–H groups in total. The quantitative estimate of drug-likeness (QED) is 0.595. The van der Waals surface area contributed by atoms with Crippen molar-refractivity contribution < 1.29 is 14.2 Å². The lowest BCUT2D eigenvalue weighted by atomic mass is 9.54. The van der Waals surface area contributed by atoms with Crippen molar-refractivity contribution in [3.63, 3.8) is 0 Å². The van der Waals surface area contributed by atoms with Gasteiger partial charge in [0, 0.05) is 22.8 Å². The first-order chi connectivity index (χ1) is 12.2. The maximum absolute atomic E-state index is 11.1. The van der Waals surface area contributed by atoms with Crippen LogP contribution in [0.4, 0.5) is 0 Å². The molecule has 0 amide bonds. The lowest BCUT2D eigenvalue weighted by molar-refractivity contribution is 0.0375. The third-order valence-corrected chi connectivity index (χ3v) is 6.08. The molecule has 0 unspecified atom stereocenters. The normalized spacial score (nSPS) is 18.0. The molecule has 1 aromatic carbocycles. The van der Waals surface area contributed by atoms with Crippen molar-refractivity contribution in [2.24, 2.45) is 5.41 Å². The zero-order chi connectivity index (χ0) is 19.1. The number of aldehydes is 1. The summed E-state index contributed by atoms with van der Waals surface area (Å²) in [5, 5.41) is 0.624. The van der Waals surface area contributed by atoms with Gasteiger partial charge < -0.3 is 9.39 Å². The van der Waals surface area contributed by atoms with Gasteiger partial charge in [-0.25, -0.2) is 0 Å². The number of aromatic nitrogens is 1. The Labute approximate surface area is 160 Å². The van der Waals surface area contributed by atoms with Crippen molar-refractivity contribution >= 4 is 30.3 Å². The average Bonchev–Trinajstić information content (AvgIpc) is 2.82. The minimum Gasteiger partial charge on any atom is -0.496 e. The Morgan fingerprint density at radius 1 is 1.31 bits per heavy atom. The molecule has 4 nitrogen and oxygen atoms in total. The minimum absolute atomic E-state index is 0.0457. The molecule has 1 fully saturated rings. The van der Waals surface area contributed by atoms with E-state index in [0.717, 1.165) is 23.6 Å². The van der Waals surface area contributed by atoms with Crippen molar-refractivity contribution in [2.75, 3.05) is 7.11 Å². The van der Waals surface area contributed by atoms with Crippen molar-refractivity contribution in [1.29, 1.82) is 0 Å². The van der Waals surface area contributed by atoms with Gasteiger partial charge in [-0.3, -0.25) is 9.78 Å². The molecule has 2 heterocycles. The second-order valence-corrected chi connectivity index (χ2v) is 8.22. The number of ether oxygens (including phenoxy) is 1. The van der Waals surface area contributed by atoms with E-state index in [1.54, 1.807) is 6.07 Å². The molecular weight excluding hydrogens is 348 g/mol. The fourth-order valence-electron chi connectivity index (χ4n) is 3.30. The largest absolute Gasteiger partial charge is 0.496 e. The summed E-state index contributed by atoms with van der Waals surface area (Å²) in [6, 6.07) is 7.61. The van der Waals surface area contributed by atoms with Crippen LogP contribution in [0.3, 0.4) is 0 Å². The van der Waals surface area contributed by atoms with Crippen LogP contribution in [0.2, 0.25) is 11.3 Å². The number of pyridine rings is 1. The van der Waals surface area contributed by atoms with Gasteiger partial charge in [-0.15, -0.1) is 0 Å². The fraction of sp³-hybridized carbons (Fsp3) is 0.400. The van der Waals surface area contributed by atoms with Crippen molar-refractivity contribution in [3.05, 3.63) is 41.0 Å². The summed E-state index contributed by atoms with van der Waals surface area (Å²) in [5.41, 5.74) is 2.64. The van der Waals surface area contributed by atoms with E-state index in [-0.39, 0.29) is 17.9 Å². The summed E-state index contributed by atoms with van der Waals surface area (Å²) in [6.45, 7) is 8.61. The van der Waals surface area contributed by atoms with Crippen molar-refractivity contribution in [3.8, 4) is 17.0 Å². The number of methoxy groups -OCH3 is 1. The molecule has 1 aliphatic heterocycles. The Balaban J connectivity index is 2.03. The Bertz CT molecular complexity index is 835. The van der Waals surface area contributed by atoms with E-state index < -0.39 is 0 Å². The van der Waals surface area contributed by atoms with Crippen LogP contribution in [0.1, 0.15) is 38.1 Å². The van der Waals surface area contributed by atoms with Gasteiger partial charge in [-0.2, -0.15) is 0 Å². The molecule has 0 spiro atoms. The van der Waals surface area contributed by atoms with Crippen molar-refractivity contribution in [1.82, 2.24) is 4.98 Å². The van der Waals surface area contributed by atoms with Crippen LogP contribution in [-0.4, -0.2) is 30.9 Å². The molecule has 26 heavy (non-hydrogen) atoms. The molecule has 1 aliphatic rings. The standard InChI is InChI=1S/C20H23BClNO3/c1-19(2)12-21(26-20(19,3)4)15-8-6-7-14(18(15)22)16-9-17(25-5)13(11-24)10-23-16/h6-11H,12H2,1-5H3. The molecule has 1 saturated heterocycles. The van der Waals surface area contributed by atoms with Crippen LogP contribution in [0, 0.1) is 5.41 Å². The number of benzene rings is 1. The van der Waals surface area contributed by atoms with Gasteiger partial charge in [0.05, 0.1) is 24.0 Å². The van der Waals surface area contributed by atoms with Crippen LogP contribution in [-0.2, 0) is 4.65 Å². The van der Waals surface area contributed by atoms with Gasteiger partial charge in [0.2, 0.25) is 0 Å². The number of hydrogen-bond acceptors (Lipinski definition) is 4. The number of carbonyl (C=O) groups excluding carboxylic acids is 1. The SMILES string of the molecule is COc1cc(-c2cccc(B3CC(C)(C)C(C)(C)O3)c2Cl)ncc1C=O. The second-order valence-electron chi connectivity index (χ2n) is 7.84. The highest BCUT2D eigenvalue weighted by molar-refractivity contribution is 6.71. The molecule has 2 aromatic rings. The van der Waals surface area contributed by atoms with E-state index in [4.69, 9.17) is 21.0 Å². The lowest BCUT2D eigenvalue weighted by Gasteiger charge is -2.34. The number of rotatable bonds is 4. The van der Waals surface area contributed by atoms with Crippen LogP contribution >= 0.6 is 11.6 Å². The molecule has 0 saturated carbocycles.